The van der Waals surface area contributed by atoms with Crippen LogP contribution in [0, 0.1) is 0 Å². The summed E-state index contributed by atoms with van der Waals surface area (Å²) in [5.74, 6) is 0.857. The van der Waals surface area contributed by atoms with Gasteiger partial charge in [0.25, 0.3) is 0 Å². The van der Waals surface area contributed by atoms with E-state index < -0.39 is 0 Å². The SMILES string of the molecule is COc1ccc2cc(C(C)(CCO)C(C)N)ccc2c1. The standard InChI is InChI=1S/C17H23NO2/c1-12(18)17(2,8-9-19)15-6-4-14-11-16(20-3)7-5-13(14)10-15/h4-7,10-12,19H,8-9,18H2,1-3H3. The van der Waals surface area contributed by atoms with Crippen molar-refractivity contribution in [1.82, 2.24) is 0 Å². The summed E-state index contributed by atoms with van der Waals surface area (Å²) in [7, 11) is 1.67. The van der Waals surface area contributed by atoms with Crippen LogP contribution in [0.4, 0.5) is 0 Å². The molecule has 3 nitrogen and oxygen atoms in total. The van der Waals surface area contributed by atoms with Crippen LogP contribution < -0.4 is 10.5 Å². The first-order valence-corrected chi connectivity index (χ1v) is 6.96. The van der Waals surface area contributed by atoms with Gasteiger partial charge in [0, 0.05) is 18.1 Å². The second-order valence-electron chi connectivity index (χ2n) is 5.61. The number of nitrogens with two attached hydrogens (primary N) is 1. The number of fused-ring (bicyclic) bond motifs is 1. The maximum Gasteiger partial charge on any atom is 0.119 e. The van der Waals surface area contributed by atoms with E-state index in [-0.39, 0.29) is 18.1 Å². The Bertz CT molecular complexity index is 595. The normalized spacial score (nSPS) is 15.8. The number of ether oxygens (including phenoxy) is 1. The molecule has 0 saturated heterocycles. The minimum absolute atomic E-state index is 0.0228. The lowest BCUT2D eigenvalue weighted by Crippen LogP contribution is -2.41. The number of aliphatic hydroxyl groups is 1. The van der Waals surface area contributed by atoms with Crippen molar-refractivity contribution in [3.8, 4) is 5.75 Å². The molecule has 2 rings (SSSR count). The van der Waals surface area contributed by atoms with E-state index in [1.54, 1.807) is 7.11 Å². The number of hydrogen-bond acceptors (Lipinski definition) is 3. The molecule has 2 aromatic carbocycles. The van der Waals surface area contributed by atoms with E-state index >= 15 is 0 Å². The number of aliphatic hydroxyl groups excluding tert-OH is 1. The van der Waals surface area contributed by atoms with Gasteiger partial charge in [-0.1, -0.05) is 31.2 Å². The van der Waals surface area contributed by atoms with E-state index in [1.807, 2.05) is 19.1 Å². The number of benzene rings is 2. The van der Waals surface area contributed by atoms with E-state index in [1.165, 1.54) is 5.56 Å². The minimum Gasteiger partial charge on any atom is -0.497 e. The fourth-order valence-electron chi connectivity index (χ4n) is 2.57. The lowest BCUT2D eigenvalue weighted by Gasteiger charge is -2.34. The molecule has 0 aliphatic rings. The summed E-state index contributed by atoms with van der Waals surface area (Å²) in [5.41, 5.74) is 7.09. The summed E-state index contributed by atoms with van der Waals surface area (Å²) < 4.78 is 5.24. The van der Waals surface area contributed by atoms with Crippen LogP contribution in [0.2, 0.25) is 0 Å². The summed E-state index contributed by atoms with van der Waals surface area (Å²) in [6, 6.07) is 12.4. The Morgan fingerprint density at radius 1 is 1.20 bits per heavy atom. The summed E-state index contributed by atoms with van der Waals surface area (Å²) in [6.45, 7) is 4.24. The van der Waals surface area contributed by atoms with Gasteiger partial charge >= 0.3 is 0 Å². The van der Waals surface area contributed by atoms with E-state index in [0.29, 0.717) is 6.42 Å². The Morgan fingerprint density at radius 3 is 2.45 bits per heavy atom. The molecule has 108 valence electrons. The minimum atomic E-state index is -0.219. The highest BCUT2D eigenvalue weighted by Gasteiger charge is 2.30. The fourth-order valence-corrected chi connectivity index (χ4v) is 2.57. The average molecular weight is 273 g/mol. The molecule has 0 bridgehead atoms. The molecule has 0 spiro atoms. The van der Waals surface area contributed by atoms with Crippen LogP contribution in [0.1, 0.15) is 25.8 Å². The third kappa shape index (κ3) is 2.65. The topological polar surface area (TPSA) is 55.5 Å². The number of methoxy groups -OCH3 is 1. The van der Waals surface area contributed by atoms with Crippen molar-refractivity contribution in [2.75, 3.05) is 13.7 Å². The Balaban J connectivity index is 2.50. The van der Waals surface area contributed by atoms with E-state index in [0.717, 1.165) is 16.5 Å². The predicted octanol–water partition coefficient (Wildman–Crippen LogP) is 2.84. The molecule has 0 heterocycles. The van der Waals surface area contributed by atoms with Crippen LogP contribution >= 0.6 is 0 Å². The van der Waals surface area contributed by atoms with E-state index in [9.17, 15) is 5.11 Å². The van der Waals surface area contributed by atoms with Gasteiger partial charge in [-0.3, -0.25) is 0 Å². The van der Waals surface area contributed by atoms with Crippen molar-refractivity contribution >= 4 is 10.8 Å². The Hall–Kier alpha value is -1.58. The van der Waals surface area contributed by atoms with Crippen LogP contribution in [0.15, 0.2) is 36.4 Å². The molecule has 0 aromatic heterocycles. The summed E-state index contributed by atoms with van der Waals surface area (Å²) in [6.07, 6.45) is 0.659. The van der Waals surface area contributed by atoms with Gasteiger partial charge in [-0.15, -0.1) is 0 Å². The van der Waals surface area contributed by atoms with Crippen molar-refractivity contribution in [2.24, 2.45) is 5.73 Å². The van der Waals surface area contributed by atoms with Crippen LogP contribution in [0.3, 0.4) is 0 Å². The van der Waals surface area contributed by atoms with E-state index in [2.05, 4.69) is 31.2 Å². The molecular weight excluding hydrogens is 250 g/mol. The average Bonchev–Trinajstić information content (AvgIpc) is 2.46. The summed E-state index contributed by atoms with van der Waals surface area (Å²) in [5, 5.41) is 11.6. The molecule has 0 aliphatic carbocycles. The third-order valence-corrected chi connectivity index (χ3v) is 4.34. The van der Waals surface area contributed by atoms with Crippen LogP contribution in [-0.4, -0.2) is 24.9 Å². The van der Waals surface area contributed by atoms with Crippen LogP contribution in [0.5, 0.6) is 5.75 Å². The Labute approximate surface area is 120 Å². The molecular formula is C17H23NO2. The molecule has 0 amide bonds. The molecule has 0 aliphatic heterocycles. The smallest absolute Gasteiger partial charge is 0.119 e. The summed E-state index contributed by atoms with van der Waals surface area (Å²) >= 11 is 0. The Morgan fingerprint density at radius 2 is 1.85 bits per heavy atom. The van der Waals surface area contributed by atoms with Gasteiger partial charge in [-0.05, 0) is 41.8 Å². The monoisotopic (exact) mass is 273 g/mol. The zero-order valence-corrected chi connectivity index (χ0v) is 12.4. The second-order valence-corrected chi connectivity index (χ2v) is 5.61. The maximum atomic E-state index is 9.32. The molecule has 2 atom stereocenters. The summed E-state index contributed by atoms with van der Waals surface area (Å²) in [4.78, 5) is 0. The zero-order chi connectivity index (χ0) is 14.8. The van der Waals surface area contributed by atoms with Crippen molar-refractivity contribution in [3.63, 3.8) is 0 Å². The van der Waals surface area contributed by atoms with Gasteiger partial charge in [-0.25, -0.2) is 0 Å². The highest BCUT2D eigenvalue weighted by molar-refractivity contribution is 5.84. The molecule has 2 unspecified atom stereocenters. The second kappa shape index (κ2) is 5.81. The van der Waals surface area contributed by atoms with Gasteiger partial charge in [0.1, 0.15) is 5.75 Å². The Kier molecular flexibility index (Phi) is 4.31. The van der Waals surface area contributed by atoms with Gasteiger partial charge in [0.05, 0.1) is 7.11 Å². The fraction of sp³-hybridized carbons (Fsp3) is 0.412. The van der Waals surface area contributed by atoms with Gasteiger partial charge in [-0.2, -0.15) is 0 Å². The quantitative estimate of drug-likeness (QED) is 0.880. The lowest BCUT2D eigenvalue weighted by atomic mass is 9.74. The first-order valence-electron chi connectivity index (χ1n) is 6.96. The molecule has 3 heteroatoms. The van der Waals surface area contributed by atoms with Crippen molar-refractivity contribution in [1.29, 1.82) is 0 Å². The third-order valence-electron chi connectivity index (χ3n) is 4.34. The number of hydrogen-bond donors (Lipinski definition) is 2. The molecule has 0 radical (unpaired) electrons. The molecule has 0 fully saturated rings. The largest absolute Gasteiger partial charge is 0.497 e. The molecule has 2 aromatic rings. The maximum absolute atomic E-state index is 9.32. The number of rotatable bonds is 5. The lowest BCUT2D eigenvalue weighted by molar-refractivity contribution is 0.229. The highest BCUT2D eigenvalue weighted by Crippen LogP contribution is 2.33. The molecule has 0 saturated carbocycles. The first kappa shape index (κ1) is 14.8. The van der Waals surface area contributed by atoms with Crippen molar-refractivity contribution in [2.45, 2.75) is 31.7 Å². The predicted molar refractivity (Wildman–Crippen MR) is 83.2 cm³/mol. The van der Waals surface area contributed by atoms with Gasteiger partial charge < -0.3 is 15.6 Å². The highest BCUT2D eigenvalue weighted by atomic mass is 16.5. The molecule has 20 heavy (non-hydrogen) atoms. The van der Waals surface area contributed by atoms with Crippen LogP contribution in [0.25, 0.3) is 10.8 Å². The van der Waals surface area contributed by atoms with Gasteiger partial charge in [0.15, 0.2) is 0 Å². The zero-order valence-electron chi connectivity index (χ0n) is 12.4. The van der Waals surface area contributed by atoms with Crippen molar-refractivity contribution in [3.05, 3.63) is 42.0 Å². The molecule has 3 N–H and O–H groups in total. The van der Waals surface area contributed by atoms with Crippen molar-refractivity contribution < 1.29 is 9.84 Å². The van der Waals surface area contributed by atoms with E-state index in [4.69, 9.17) is 10.5 Å². The first-order chi connectivity index (χ1) is 9.51. The van der Waals surface area contributed by atoms with Gasteiger partial charge in [0.2, 0.25) is 0 Å². The van der Waals surface area contributed by atoms with Crippen LogP contribution in [-0.2, 0) is 5.41 Å².